The Hall–Kier alpha value is -1.92. The lowest BCUT2D eigenvalue weighted by molar-refractivity contribution is 0.104. The number of carbonyl (C=O) groups is 1. The number of ketones is 1. The second-order valence-corrected chi connectivity index (χ2v) is 5.15. The molecule has 0 aliphatic heterocycles. The maximum absolute atomic E-state index is 11.9. The summed E-state index contributed by atoms with van der Waals surface area (Å²) in [5.41, 5.74) is 1.55. The fraction of sp³-hybridized carbons (Fsp3) is 0. The first kappa shape index (κ1) is 11.2. The van der Waals surface area contributed by atoms with Gasteiger partial charge in [0.05, 0.1) is 15.9 Å². The van der Waals surface area contributed by atoms with Crippen LogP contribution in [0, 0.1) is 0 Å². The summed E-state index contributed by atoms with van der Waals surface area (Å²) < 4.78 is 4.74. The van der Waals surface area contributed by atoms with Crippen molar-refractivity contribution in [1.82, 2.24) is 14.6 Å². The monoisotopic (exact) mass is 273 g/mol. The smallest absolute Gasteiger partial charge is 0.214 e. The molecule has 0 radical (unpaired) electrons. The SMILES string of the molecule is O=C(/C=C\c1csnn1)c1nc2ccccc2s1. The number of thiazole rings is 1. The molecule has 6 heteroatoms. The first-order valence-electron chi connectivity index (χ1n) is 5.18. The highest BCUT2D eigenvalue weighted by atomic mass is 32.1. The number of nitrogens with zero attached hydrogens (tertiary/aromatic N) is 3. The first-order chi connectivity index (χ1) is 8.83. The van der Waals surface area contributed by atoms with Gasteiger partial charge in [0, 0.05) is 5.38 Å². The molecule has 0 spiro atoms. The van der Waals surface area contributed by atoms with Crippen LogP contribution in [0.3, 0.4) is 0 Å². The number of hydrogen-bond donors (Lipinski definition) is 0. The number of aromatic nitrogens is 3. The molecule has 0 amide bonds. The number of allylic oxidation sites excluding steroid dienone is 1. The van der Waals surface area contributed by atoms with Crippen LogP contribution in [0.1, 0.15) is 15.5 Å². The molecule has 0 aliphatic carbocycles. The van der Waals surface area contributed by atoms with Crippen LogP contribution in [-0.4, -0.2) is 20.4 Å². The third-order valence-corrected chi connectivity index (χ3v) is 3.86. The van der Waals surface area contributed by atoms with E-state index in [1.165, 1.54) is 28.9 Å². The summed E-state index contributed by atoms with van der Waals surface area (Å²) in [5, 5.41) is 6.11. The maximum atomic E-state index is 11.9. The second kappa shape index (κ2) is 4.75. The quantitative estimate of drug-likeness (QED) is 0.543. The molecule has 3 aromatic rings. The number of carbonyl (C=O) groups excluding carboxylic acids is 1. The van der Waals surface area contributed by atoms with E-state index in [4.69, 9.17) is 0 Å². The minimum Gasteiger partial charge on any atom is -0.287 e. The van der Waals surface area contributed by atoms with E-state index in [1.807, 2.05) is 24.3 Å². The van der Waals surface area contributed by atoms with E-state index in [9.17, 15) is 4.79 Å². The molecule has 0 atom stereocenters. The molecule has 1 aromatic carbocycles. The molecule has 0 fully saturated rings. The molecule has 3 rings (SSSR count). The van der Waals surface area contributed by atoms with Crippen molar-refractivity contribution in [2.45, 2.75) is 0 Å². The minimum absolute atomic E-state index is 0.107. The van der Waals surface area contributed by atoms with Crippen LogP contribution in [0.2, 0.25) is 0 Å². The van der Waals surface area contributed by atoms with Crippen molar-refractivity contribution >= 4 is 44.9 Å². The van der Waals surface area contributed by atoms with Gasteiger partial charge in [-0.1, -0.05) is 16.6 Å². The van der Waals surface area contributed by atoms with Crippen molar-refractivity contribution < 1.29 is 4.79 Å². The summed E-state index contributed by atoms with van der Waals surface area (Å²) in [6.07, 6.45) is 3.13. The van der Waals surface area contributed by atoms with Gasteiger partial charge in [-0.3, -0.25) is 4.79 Å². The van der Waals surface area contributed by atoms with E-state index in [0.717, 1.165) is 10.2 Å². The molecule has 0 aliphatic rings. The van der Waals surface area contributed by atoms with E-state index in [1.54, 1.807) is 11.5 Å². The highest BCUT2D eigenvalue weighted by Crippen LogP contribution is 2.22. The summed E-state index contributed by atoms with van der Waals surface area (Å²) in [5.74, 6) is -0.107. The van der Waals surface area contributed by atoms with E-state index >= 15 is 0 Å². The van der Waals surface area contributed by atoms with Crippen molar-refractivity contribution in [1.29, 1.82) is 0 Å². The Bertz CT molecular complexity index is 683. The lowest BCUT2D eigenvalue weighted by atomic mass is 10.3. The van der Waals surface area contributed by atoms with E-state index < -0.39 is 0 Å². The van der Waals surface area contributed by atoms with Gasteiger partial charge < -0.3 is 0 Å². The summed E-state index contributed by atoms with van der Waals surface area (Å²) in [6, 6.07) is 7.70. The van der Waals surface area contributed by atoms with E-state index in [2.05, 4.69) is 14.6 Å². The lowest BCUT2D eigenvalue weighted by Crippen LogP contribution is -1.92. The van der Waals surface area contributed by atoms with Crippen molar-refractivity contribution in [3.8, 4) is 0 Å². The predicted molar refractivity (Wildman–Crippen MR) is 72.9 cm³/mol. The molecule has 18 heavy (non-hydrogen) atoms. The molecule has 0 saturated carbocycles. The summed E-state index contributed by atoms with van der Waals surface area (Å²) in [7, 11) is 0. The maximum Gasteiger partial charge on any atom is 0.214 e. The predicted octanol–water partition coefficient (Wildman–Crippen LogP) is 3.04. The van der Waals surface area contributed by atoms with Crippen LogP contribution in [0.5, 0.6) is 0 Å². The lowest BCUT2D eigenvalue weighted by Gasteiger charge is -1.85. The number of benzene rings is 1. The van der Waals surface area contributed by atoms with Crippen LogP contribution in [0.25, 0.3) is 16.3 Å². The summed E-state index contributed by atoms with van der Waals surface area (Å²) in [6.45, 7) is 0. The van der Waals surface area contributed by atoms with Gasteiger partial charge in [-0.25, -0.2) is 4.98 Å². The van der Waals surface area contributed by atoms with Crippen LogP contribution in [0.4, 0.5) is 0 Å². The zero-order valence-corrected chi connectivity index (χ0v) is 10.7. The zero-order chi connectivity index (χ0) is 12.4. The van der Waals surface area contributed by atoms with Gasteiger partial charge in [0.2, 0.25) is 5.78 Å². The Morgan fingerprint density at radius 1 is 1.28 bits per heavy atom. The summed E-state index contributed by atoms with van der Waals surface area (Å²) >= 11 is 2.65. The van der Waals surface area contributed by atoms with Gasteiger partial charge in [0.15, 0.2) is 5.01 Å². The van der Waals surface area contributed by atoms with Gasteiger partial charge >= 0.3 is 0 Å². The van der Waals surface area contributed by atoms with Gasteiger partial charge in [0.1, 0.15) is 0 Å². The first-order valence-corrected chi connectivity index (χ1v) is 6.83. The third kappa shape index (κ3) is 2.20. The van der Waals surface area contributed by atoms with E-state index in [-0.39, 0.29) is 5.78 Å². The molecular formula is C12H7N3OS2. The molecule has 0 N–H and O–H groups in total. The molecule has 0 saturated heterocycles. The van der Waals surface area contributed by atoms with Gasteiger partial charge in [-0.2, -0.15) is 0 Å². The highest BCUT2D eigenvalue weighted by Gasteiger charge is 2.08. The Balaban J connectivity index is 1.88. The highest BCUT2D eigenvalue weighted by molar-refractivity contribution is 7.20. The van der Waals surface area contributed by atoms with Crippen molar-refractivity contribution in [2.75, 3.05) is 0 Å². The Morgan fingerprint density at radius 2 is 2.17 bits per heavy atom. The normalized spacial score (nSPS) is 11.3. The molecule has 0 bridgehead atoms. The van der Waals surface area contributed by atoms with Crippen molar-refractivity contribution in [3.63, 3.8) is 0 Å². The van der Waals surface area contributed by atoms with Gasteiger partial charge in [0.25, 0.3) is 0 Å². The Morgan fingerprint density at radius 3 is 2.94 bits per heavy atom. The molecule has 4 nitrogen and oxygen atoms in total. The molecular weight excluding hydrogens is 266 g/mol. The minimum atomic E-state index is -0.107. The molecule has 88 valence electrons. The van der Waals surface area contributed by atoms with Gasteiger partial charge in [-0.05, 0) is 35.8 Å². The fourth-order valence-corrected chi connectivity index (χ4v) is 2.76. The second-order valence-electron chi connectivity index (χ2n) is 3.51. The number of para-hydroxylation sites is 1. The largest absolute Gasteiger partial charge is 0.287 e. The average molecular weight is 273 g/mol. The Labute approximate surface area is 111 Å². The molecule has 2 aromatic heterocycles. The number of hydrogen-bond acceptors (Lipinski definition) is 6. The zero-order valence-electron chi connectivity index (χ0n) is 9.11. The van der Waals surface area contributed by atoms with Crippen LogP contribution in [0.15, 0.2) is 35.7 Å². The fourth-order valence-electron chi connectivity index (χ4n) is 1.45. The number of rotatable bonds is 3. The standard InChI is InChI=1S/C12H7N3OS2/c16-10(6-5-8-7-17-15-14-8)12-13-9-3-1-2-4-11(9)18-12/h1-7H/b6-5-. The summed E-state index contributed by atoms with van der Waals surface area (Å²) in [4.78, 5) is 16.2. The van der Waals surface area contributed by atoms with Crippen LogP contribution >= 0.6 is 22.9 Å². The third-order valence-electron chi connectivity index (χ3n) is 2.29. The van der Waals surface area contributed by atoms with Crippen molar-refractivity contribution in [2.24, 2.45) is 0 Å². The van der Waals surface area contributed by atoms with Crippen molar-refractivity contribution in [3.05, 3.63) is 46.4 Å². The van der Waals surface area contributed by atoms with Crippen LogP contribution in [-0.2, 0) is 0 Å². The van der Waals surface area contributed by atoms with E-state index in [0.29, 0.717) is 10.7 Å². The molecule has 0 unspecified atom stereocenters. The molecule has 2 heterocycles. The number of fused-ring (bicyclic) bond motifs is 1. The average Bonchev–Trinajstić information content (AvgIpc) is 3.04. The Kier molecular flexibility index (Phi) is 2.95. The topological polar surface area (TPSA) is 55.7 Å². The van der Waals surface area contributed by atoms with Crippen LogP contribution < -0.4 is 0 Å². The van der Waals surface area contributed by atoms with Gasteiger partial charge in [-0.15, -0.1) is 16.4 Å².